The molecule has 9 heteroatoms. The largest absolute Gasteiger partial charge is 0.486 e. The first kappa shape index (κ1) is 25.3. The maximum absolute atomic E-state index is 12.6. The van der Waals surface area contributed by atoms with Gasteiger partial charge in [0.15, 0.2) is 11.5 Å². The predicted octanol–water partition coefficient (Wildman–Crippen LogP) is 4.20. The molecule has 0 saturated carbocycles. The van der Waals surface area contributed by atoms with Crippen LogP contribution in [-0.4, -0.2) is 60.9 Å². The first-order chi connectivity index (χ1) is 17.2. The van der Waals surface area contributed by atoms with Crippen LogP contribution >= 0.6 is 0 Å². The smallest absolute Gasteiger partial charge is 0.410 e. The minimum Gasteiger partial charge on any atom is -0.486 e. The summed E-state index contributed by atoms with van der Waals surface area (Å²) in [6.07, 6.45) is 0.681. The van der Waals surface area contributed by atoms with Crippen molar-refractivity contribution < 1.29 is 33.3 Å². The Labute approximate surface area is 210 Å². The zero-order chi connectivity index (χ0) is 25.7. The molecule has 2 aliphatic rings. The summed E-state index contributed by atoms with van der Waals surface area (Å²) in [6, 6.07) is 12.0. The zero-order valence-corrected chi connectivity index (χ0v) is 20.9. The van der Waals surface area contributed by atoms with Crippen molar-refractivity contribution in [1.29, 1.82) is 0 Å². The topological polar surface area (TPSA) is 103 Å². The number of anilines is 1. The van der Waals surface area contributed by atoms with Gasteiger partial charge < -0.3 is 29.2 Å². The molecule has 0 radical (unpaired) electrons. The number of carbonyl (C=O) groups excluding carboxylic acids is 3. The Morgan fingerprint density at radius 3 is 2.31 bits per heavy atom. The fraction of sp³-hybridized carbons (Fsp3) is 0.444. The molecule has 1 fully saturated rings. The number of fused-ring (bicyclic) bond motifs is 1. The third-order valence-corrected chi connectivity index (χ3v) is 5.74. The number of hydrogen-bond acceptors (Lipinski definition) is 7. The summed E-state index contributed by atoms with van der Waals surface area (Å²) in [6.45, 7) is 7.44. The SMILES string of the molecule is CC(C)(C)OC(=O)N1CCC(OC(=O)c2ccc(NC(=O)Cc3ccc4c(c3)OCCO4)cc2)CC1. The van der Waals surface area contributed by atoms with E-state index in [1.807, 2.05) is 32.9 Å². The van der Waals surface area contributed by atoms with Gasteiger partial charge in [-0.25, -0.2) is 9.59 Å². The van der Waals surface area contributed by atoms with Gasteiger partial charge in [0.1, 0.15) is 24.9 Å². The molecule has 0 unspecified atom stereocenters. The number of benzene rings is 2. The van der Waals surface area contributed by atoms with Crippen molar-refractivity contribution >= 4 is 23.7 Å². The van der Waals surface area contributed by atoms with Gasteiger partial charge >= 0.3 is 12.1 Å². The number of hydrogen-bond donors (Lipinski definition) is 1. The van der Waals surface area contributed by atoms with E-state index in [2.05, 4.69) is 5.32 Å². The van der Waals surface area contributed by atoms with Crippen molar-refractivity contribution in [1.82, 2.24) is 4.90 Å². The lowest BCUT2D eigenvalue weighted by Gasteiger charge is -2.33. The second-order valence-corrected chi connectivity index (χ2v) is 9.85. The number of amides is 2. The molecule has 0 aromatic heterocycles. The number of nitrogens with zero attached hydrogens (tertiary/aromatic N) is 1. The molecule has 0 bridgehead atoms. The highest BCUT2D eigenvalue weighted by Gasteiger charge is 2.28. The zero-order valence-electron chi connectivity index (χ0n) is 20.9. The summed E-state index contributed by atoms with van der Waals surface area (Å²) in [4.78, 5) is 38.9. The van der Waals surface area contributed by atoms with Gasteiger partial charge in [0, 0.05) is 31.6 Å². The molecule has 9 nitrogen and oxygen atoms in total. The van der Waals surface area contributed by atoms with E-state index in [0.29, 0.717) is 61.9 Å². The monoisotopic (exact) mass is 496 g/mol. The molecule has 1 saturated heterocycles. The van der Waals surface area contributed by atoms with Gasteiger partial charge in [-0.05, 0) is 62.7 Å². The maximum Gasteiger partial charge on any atom is 0.410 e. The van der Waals surface area contributed by atoms with E-state index in [1.54, 1.807) is 35.2 Å². The van der Waals surface area contributed by atoms with Crippen molar-refractivity contribution in [2.75, 3.05) is 31.6 Å². The Balaban J connectivity index is 1.23. The average Bonchev–Trinajstić information content (AvgIpc) is 2.83. The summed E-state index contributed by atoms with van der Waals surface area (Å²) < 4.78 is 22.1. The number of esters is 1. The molecule has 4 rings (SSSR count). The first-order valence-electron chi connectivity index (χ1n) is 12.1. The lowest BCUT2D eigenvalue weighted by Crippen LogP contribution is -2.43. The third-order valence-electron chi connectivity index (χ3n) is 5.74. The molecule has 1 N–H and O–H groups in total. The van der Waals surface area contributed by atoms with Crippen molar-refractivity contribution in [2.24, 2.45) is 0 Å². The second-order valence-electron chi connectivity index (χ2n) is 9.85. The van der Waals surface area contributed by atoms with Gasteiger partial charge in [0.2, 0.25) is 5.91 Å². The predicted molar refractivity (Wildman–Crippen MR) is 132 cm³/mol. The van der Waals surface area contributed by atoms with Crippen molar-refractivity contribution in [3.63, 3.8) is 0 Å². The van der Waals surface area contributed by atoms with E-state index in [4.69, 9.17) is 18.9 Å². The van der Waals surface area contributed by atoms with Gasteiger partial charge in [-0.15, -0.1) is 0 Å². The maximum atomic E-state index is 12.6. The molecule has 2 aromatic rings. The van der Waals surface area contributed by atoms with Gasteiger partial charge in [-0.1, -0.05) is 6.07 Å². The average molecular weight is 497 g/mol. The van der Waals surface area contributed by atoms with Gasteiger partial charge in [0.25, 0.3) is 0 Å². The van der Waals surface area contributed by atoms with Crippen molar-refractivity contribution in [3.05, 3.63) is 53.6 Å². The molecule has 2 aromatic carbocycles. The van der Waals surface area contributed by atoms with E-state index in [-0.39, 0.29) is 24.5 Å². The number of nitrogens with one attached hydrogen (secondary N) is 1. The van der Waals surface area contributed by atoms with Crippen LogP contribution in [0.15, 0.2) is 42.5 Å². The van der Waals surface area contributed by atoms with Gasteiger partial charge in [-0.3, -0.25) is 4.79 Å². The van der Waals surface area contributed by atoms with E-state index < -0.39 is 11.6 Å². The van der Waals surface area contributed by atoms with E-state index in [0.717, 1.165) is 5.56 Å². The Morgan fingerprint density at radius 2 is 1.64 bits per heavy atom. The molecule has 36 heavy (non-hydrogen) atoms. The normalized spacial score (nSPS) is 15.7. The third kappa shape index (κ3) is 6.90. The van der Waals surface area contributed by atoms with Gasteiger partial charge in [0.05, 0.1) is 12.0 Å². The van der Waals surface area contributed by atoms with Crippen LogP contribution in [0.3, 0.4) is 0 Å². The summed E-state index contributed by atoms with van der Waals surface area (Å²) in [7, 11) is 0. The van der Waals surface area contributed by atoms with E-state index >= 15 is 0 Å². The summed E-state index contributed by atoms with van der Waals surface area (Å²) >= 11 is 0. The van der Waals surface area contributed by atoms with Crippen LogP contribution in [0.2, 0.25) is 0 Å². The Morgan fingerprint density at radius 1 is 0.972 bits per heavy atom. The Kier molecular flexibility index (Phi) is 7.67. The first-order valence-corrected chi connectivity index (χ1v) is 12.1. The molecule has 0 spiro atoms. The molecule has 2 heterocycles. The van der Waals surface area contributed by atoms with Crippen molar-refractivity contribution in [2.45, 2.75) is 51.7 Å². The molecule has 0 aliphatic carbocycles. The highest BCUT2D eigenvalue weighted by atomic mass is 16.6. The summed E-state index contributed by atoms with van der Waals surface area (Å²) in [5.41, 5.74) is 1.25. The highest BCUT2D eigenvalue weighted by molar-refractivity contribution is 5.94. The second kappa shape index (κ2) is 10.9. The Bertz CT molecular complexity index is 1100. The van der Waals surface area contributed by atoms with Crippen LogP contribution in [0.25, 0.3) is 0 Å². The van der Waals surface area contributed by atoms with E-state index in [1.165, 1.54) is 0 Å². The quantitative estimate of drug-likeness (QED) is 0.619. The van der Waals surface area contributed by atoms with Crippen LogP contribution < -0.4 is 14.8 Å². The fourth-order valence-corrected chi connectivity index (χ4v) is 3.98. The highest BCUT2D eigenvalue weighted by Crippen LogP contribution is 2.31. The lowest BCUT2D eigenvalue weighted by molar-refractivity contribution is -0.115. The summed E-state index contributed by atoms with van der Waals surface area (Å²) in [5, 5.41) is 2.84. The molecule has 2 amide bonds. The Hall–Kier alpha value is -3.75. The number of likely N-dealkylation sites (tertiary alicyclic amines) is 1. The van der Waals surface area contributed by atoms with Crippen LogP contribution in [0.4, 0.5) is 10.5 Å². The molecular formula is C27H32N2O7. The van der Waals surface area contributed by atoms with Crippen LogP contribution in [0.5, 0.6) is 11.5 Å². The number of ether oxygens (including phenoxy) is 4. The number of piperidine rings is 1. The molecule has 0 atom stereocenters. The molecule has 2 aliphatic heterocycles. The number of rotatable bonds is 5. The standard InChI is InChI=1S/C27H32N2O7/c1-27(2,3)36-26(32)29-12-10-21(11-13-29)35-25(31)19-5-7-20(8-6-19)28-24(30)17-18-4-9-22-23(16-18)34-15-14-33-22/h4-9,16,21H,10-15,17H2,1-3H3,(H,28,30). The lowest BCUT2D eigenvalue weighted by atomic mass is 10.1. The molecular weight excluding hydrogens is 464 g/mol. The van der Waals surface area contributed by atoms with Crippen molar-refractivity contribution in [3.8, 4) is 11.5 Å². The minimum absolute atomic E-state index is 0.182. The van der Waals surface area contributed by atoms with Crippen LogP contribution in [-0.2, 0) is 20.7 Å². The van der Waals surface area contributed by atoms with Gasteiger partial charge in [-0.2, -0.15) is 0 Å². The summed E-state index contributed by atoms with van der Waals surface area (Å²) in [5.74, 6) is 0.713. The van der Waals surface area contributed by atoms with Crippen LogP contribution in [0, 0.1) is 0 Å². The number of carbonyl (C=O) groups is 3. The van der Waals surface area contributed by atoms with Crippen LogP contribution in [0.1, 0.15) is 49.5 Å². The fourth-order valence-electron chi connectivity index (χ4n) is 3.98. The molecule has 192 valence electrons. The van der Waals surface area contributed by atoms with E-state index in [9.17, 15) is 14.4 Å². The minimum atomic E-state index is -0.544.